The summed E-state index contributed by atoms with van der Waals surface area (Å²) in [5, 5.41) is 0. The predicted octanol–water partition coefficient (Wildman–Crippen LogP) is 10.2. The molecule has 0 aromatic heterocycles. The molecule has 0 amide bonds. The van der Waals surface area contributed by atoms with Crippen LogP contribution in [0.2, 0.25) is 0 Å². The number of anilines is 6. The monoisotopic (exact) mass is 568 g/mol. The first-order chi connectivity index (χ1) is 16.7. The number of hydrogen-bond donors (Lipinski definition) is 0. The second-order valence-corrected chi connectivity index (χ2v) is 9.65. The number of halogens is 2. The zero-order valence-corrected chi connectivity index (χ0v) is 21.5. The maximum absolute atomic E-state index is 3.57. The van der Waals surface area contributed by atoms with E-state index >= 15 is 0 Å². The second kappa shape index (κ2) is 10.3. The summed E-state index contributed by atoms with van der Waals surface area (Å²) in [6, 6.07) is 46.4. The average molecular weight is 570 g/mol. The molecule has 0 radical (unpaired) electrons. The molecule has 0 heterocycles. The summed E-state index contributed by atoms with van der Waals surface area (Å²) in [5.74, 6) is 0. The minimum absolute atomic E-state index is 1.06. The highest BCUT2D eigenvalue weighted by Crippen LogP contribution is 2.40. The van der Waals surface area contributed by atoms with Gasteiger partial charge in [-0.25, -0.2) is 0 Å². The molecule has 5 aromatic carbocycles. The van der Waals surface area contributed by atoms with Gasteiger partial charge in [0.1, 0.15) is 0 Å². The Bertz CT molecular complexity index is 1250. The van der Waals surface area contributed by atoms with Crippen LogP contribution in [-0.4, -0.2) is 0 Å². The van der Waals surface area contributed by atoms with Gasteiger partial charge in [-0.3, -0.25) is 0 Å². The van der Waals surface area contributed by atoms with Crippen molar-refractivity contribution in [1.29, 1.82) is 0 Å². The molecule has 0 bridgehead atoms. The maximum atomic E-state index is 3.57. The van der Waals surface area contributed by atoms with Gasteiger partial charge < -0.3 is 9.80 Å². The van der Waals surface area contributed by atoms with E-state index in [2.05, 4.69) is 163 Å². The molecule has 166 valence electrons. The molecule has 0 saturated heterocycles. The number of benzene rings is 5. The Balaban J connectivity index is 1.65. The SMILES string of the molecule is Brc1ccc(N(c2ccccc2)c2cccc(N(c3ccccc3)c3ccc(Br)cc3)c2)cc1. The van der Waals surface area contributed by atoms with Crippen LogP contribution in [0.1, 0.15) is 0 Å². The van der Waals surface area contributed by atoms with Gasteiger partial charge in [-0.2, -0.15) is 0 Å². The average Bonchev–Trinajstić information content (AvgIpc) is 2.88. The fourth-order valence-corrected chi connectivity index (χ4v) is 4.53. The number of rotatable bonds is 6. The van der Waals surface area contributed by atoms with Crippen LogP contribution < -0.4 is 9.80 Å². The molecule has 0 fully saturated rings. The zero-order chi connectivity index (χ0) is 23.3. The Labute approximate surface area is 217 Å². The highest BCUT2D eigenvalue weighted by Gasteiger charge is 2.16. The van der Waals surface area contributed by atoms with Gasteiger partial charge in [-0.15, -0.1) is 0 Å². The van der Waals surface area contributed by atoms with Gasteiger partial charge >= 0.3 is 0 Å². The van der Waals surface area contributed by atoms with Crippen molar-refractivity contribution >= 4 is 66.0 Å². The van der Waals surface area contributed by atoms with Gasteiger partial charge in [-0.1, -0.05) is 74.3 Å². The van der Waals surface area contributed by atoms with Crippen LogP contribution in [-0.2, 0) is 0 Å². The number of para-hydroxylation sites is 2. The first-order valence-corrected chi connectivity index (χ1v) is 12.6. The topological polar surface area (TPSA) is 6.48 Å². The fourth-order valence-electron chi connectivity index (χ4n) is 4.00. The van der Waals surface area contributed by atoms with Crippen molar-refractivity contribution in [3.8, 4) is 0 Å². The van der Waals surface area contributed by atoms with Gasteiger partial charge in [0.2, 0.25) is 0 Å². The lowest BCUT2D eigenvalue weighted by Crippen LogP contribution is -2.13. The molecule has 5 aromatic rings. The summed E-state index contributed by atoms with van der Waals surface area (Å²) in [4.78, 5) is 4.56. The van der Waals surface area contributed by atoms with Crippen molar-refractivity contribution in [2.24, 2.45) is 0 Å². The Morgan fingerprint density at radius 3 is 1.03 bits per heavy atom. The highest BCUT2D eigenvalue weighted by atomic mass is 79.9. The van der Waals surface area contributed by atoms with E-state index in [0.29, 0.717) is 0 Å². The Morgan fingerprint density at radius 2 is 0.647 bits per heavy atom. The number of hydrogen-bond acceptors (Lipinski definition) is 2. The molecule has 0 aliphatic rings. The van der Waals surface area contributed by atoms with E-state index in [1.165, 1.54) is 0 Å². The summed E-state index contributed by atoms with van der Waals surface area (Å²) in [7, 11) is 0. The van der Waals surface area contributed by atoms with Crippen molar-refractivity contribution < 1.29 is 0 Å². The van der Waals surface area contributed by atoms with Crippen LogP contribution in [0.25, 0.3) is 0 Å². The third-order valence-electron chi connectivity index (χ3n) is 5.54. The zero-order valence-electron chi connectivity index (χ0n) is 18.4. The van der Waals surface area contributed by atoms with Crippen LogP contribution in [0.3, 0.4) is 0 Å². The van der Waals surface area contributed by atoms with Gasteiger partial charge in [0.25, 0.3) is 0 Å². The van der Waals surface area contributed by atoms with Gasteiger partial charge in [0, 0.05) is 43.1 Å². The Hall–Kier alpha value is -3.34. The lowest BCUT2D eigenvalue weighted by Gasteiger charge is -2.29. The quantitative estimate of drug-likeness (QED) is 0.201. The van der Waals surface area contributed by atoms with E-state index in [1.54, 1.807) is 0 Å². The molecular formula is C30H22Br2N2. The molecule has 0 unspecified atom stereocenters. The summed E-state index contributed by atoms with van der Waals surface area (Å²) >= 11 is 7.13. The molecule has 0 saturated carbocycles. The Morgan fingerprint density at radius 1 is 0.324 bits per heavy atom. The van der Waals surface area contributed by atoms with E-state index in [1.807, 2.05) is 12.1 Å². The molecular weight excluding hydrogens is 548 g/mol. The molecule has 4 heteroatoms. The van der Waals surface area contributed by atoms with Crippen molar-refractivity contribution in [3.63, 3.8) is 0 Å². The van der Waals surface area contributed by atoms with E-state index in [0.717, 1.165) is 43.1 Å². The largest absolute Gasteiger partial charge is 0.310 e. The third kappa shape index (κ3) is 4.93. The molecule has 2 nitrogen and oxygen atoms in total. The number of nitrogens with zero attached hydrogens (tertiary/aromatic N) is 2. The van der Waals surface area contributed by atoms with Crippen molar-refractivity contribution in [2.75, 3.05) is 9.80 Å². The summed E-state index contributed by atoms with van der Waals surface area (Å²) in [6.07, 6.45) is 0. The highest BCUT2D eigenvalue weighted by molar-refractivity contribution is 9.10. The van der Waals surface area contributed by atoms with Crippen LogP contribution in [0.15, 0.2) is 142 Å². The Kier molecular flexibility index (Phi) is 6.79. The standard InChI is InChI=1S/C30H22Br2N2/c31-23-14-18-27(19-15-23)33(25-8-3-1-4-9-25)29-12-7-13-30(22-29)34(26-10-5-2-6-11-26)28-20-16-24(32)17-21-28/h1-22H. The van der Waals surface area contributed by atoms with Crippen LogP contribution in [0, 0.1) is 0 Å². The second-order valence-electron chi connectivity index (χ2n) is 7.81. The predicted molar refractivity (Wildman–Crippen MR) is 151 cm³/mol. The minimum atomic E-state index is 1.06. The summed E-state index contributed by atoms with van der Waals surface area (Å²) in [5.41, 5.74) is 6.59. The van der Waals surface area contributed by atoms with E-state index in [9.17, 15) is 0 Å². The smallest absolute Gasteiger partial charge is 0.0482 e. The molecule has 0 spiro atoms. The minimum Gasteiger partial charge on any atom is -0.310 e. The van der Waals surface area contributed by atoms with Crippen LogP contribution in [0.4, 0.5) is 34.1 Å². The maximum Gasteiger partial charge on any atom is 0.0482 e. The molecule has 5 rings (SSSR count). The first kappa shape index (κ1) is 22.5. The lowest BCUT2D eigenvalue weighted by molar-refractivity contribution is 1.25. The summed E-state index contributed by atoms with van der Waals surface area (Å²) < 4.78 is 2.12. The summed E-state index contributed by atoms with van der Waals surface area (Å²) in [6.45, 7) is 0. The van der Waals surface area contributed by atoms with Gasteiger partial charge in [0.15, 0.2) is 0 Å². The van der Waals surface area contributed by atoms with Crippen LogP contribution >= 0.6 is 31.9 Å². The molecule has 0 atom stereocenters. The molecule has 0 aliphatic carbocycles. The normalized spacial score (nSPS) is 10.6. The van der Waals surface area contributed by atoms with Crippen molar-refractivity contribution in [1.82, 2.24) is 0 Å². The van der Waals surface area contributed by atoms with Crippen LogP contribution in [0.5, 0.6) is 0 Å². The van der Waals surface area contributed by atoms with E-state index < -0.39 is 0 Å². The van der Waals surface area contributed by atoms with Crippen molar-refractivity contribution in [3.05, 3.63) is 142 Å². The van der Waals surface area contributed by atoms with Gasteiger partial charge in [-0.05, 0) is 91.0 Å². The lowest BCUT2D eigenvalue weighted by atomic mass is 10.1. The van der Waals surface area contributed by atoms with Crippen molar-refractivity contribution in [2.45, 2.75) is 0 Å². The first-order valence-electron chi connectivity index (χ1n) is 11.0. The fraction of sp³-hybridized carbons (Fsp3) is 0. The molecule has 34 heavy (non-hydrogen) atoms. The van der Waals surface area contributed by atoms with Gasteiger partial charge in [0.05, 0.1) is 0 Å². The van der Waals surface area contributed by atoms with E-state index in [-0.39, 0.29) is 0 Å². The molecule has 0 N–H and O–H groups in total. The third-order valence-corrected chi connectivity index (χ3v) is 6.60. The molecule has 0 aliphatic heterocycles. The van der Waals surface area contributed by atoms with E-state index in [4.69, 9.17) is 0 Å².